The Morgan fingerprint density at radius 3 is 2.57 bits per heavy atom. The topological polar surface area (TPSA) is 43.8 Å². The second-order valence-electron chi connectivity index (χ2n) is 4.76. The maximum absolute atomic E-state index is 13.9. The first-order chi connectivity index (χ1) is 9.85. The summed E-state index contributed by atoms with van der Waals surface area (Å²) in [5.74, 6) is -1.33. The van der Waals surface area contributed by atoms with Crippen molar-refractivity contribution in [2.45, 2.75) is 32.9 Å². The van der Waals surface area contributed by atoms with Crippen LogP contribution in [0.5, 0.6) is 0 Å². The quantitative estimate of drug-likeness (QED) is 0.858. The summed E-state index contributed by atoms with van der Waals surface area (Å²) in [7, 11) is 0. The molecule has 0 bridgehead atoms. The van der Waals surface area contributed by atoms with Gasteiger partial charge >= 0.3 is 0 Å². The maximum atomic E-state index is 13.9. The molecule has 21 heavy (non-hydrogen) atoms. The second kappa shape index (κ2) is 6.30. The minimum Gasteiger partial charge on any atom is -0.324 e. The smallest absolute Gasteiger partial charge is 0.142 e. The molecule has 0 fully saturated rings. The van der Waals surface area contributed by atoms with Crippen LogP contribution >= 0.6 is 23.2 Å². The number of benzene rings is 1. The molecule has 1 atom stereocenters. The Hall–Kier alpha value is -1.17. The number of aryl methyl sites for hydroxylation is 2. The number of nitrogens with zero attached hydrogens (tertiary/aromatic N) is 2. The van der Waals surface area contributed by atoms with Crippen LogP contribution in [0.4, 0.5) is 8.78 Å². The molecule has 1 unspecified atom stereocenters. The third-order valence-electron chi connectivity index (χ3n) is 3.31. The predicted molar refractivity (Wildman–Crippen MR) is 79.6 cm³/mol. The molecule has 0 aliphatic rings. The summed E-state index contributed by atoms with van der Waals surface area (Å²) in [5.41, 5.74) is 7.45. The highest BCUT2D eigenvalue weighted by atomic mass is 35.5. The fourth-order valence-corrected chi connectivity index (χ4v) is 2.57. The third kappa shape index (κ3) is 3.20. The van der Waals surface area contributed by atoms with Gasteiger partial charge in [0.1, 0.15) is 11.6 Å². The fraction of sp³-hybridized carbons (Fsp3) is 0.357. The molecular weight excluding hydrogens is 319 g/mol. The van der Waals surface area contributed by atoms with Crippen molar-refractivity contribution in [3.63, 3.8) is 0 Å². The van der Waals surface area contributed by atoms with Crippen LogP contribution in [0.3, 0.4) is 0 Å². The Bertz CT molecular complexity index is 671. The largest absolute Gasteiger partial charge is 0.324 e. The molecule has 0 aliphatic heterocycles. The van der Waals surface area contributed by atoms with E-state index in [1.807, 2.05) is 6.92 Å². The molecule has 1 aromatic heterocycles. The van der Waals surface area contributed by atoms with Gasteiger partial charge in [-0.1, -0.05) is 23.2 Å². The van der Waals surface area contributed by atoms with Crippen LogP contribution in [0.1, 0.15) is 29.9 Å². The highest BCUT2D eigenvalue weighted by Crippen LogP contribution is 2.28. The Balaban J connectivity index is 2.34. The summed E-state index contributed by atoms with van der Waals surface area (Å²) in [6.45, 7) is 4.32. The first kappa shape index (κ1) is 16.2. The van der Waals surface area contributed by atoms with Crippen molar-refractivity contribution < 1.29 is 8.78 Å². The average molecular weight is 334 g/mol. The van der Waals surface area contributed by atoms with Gasteiger partial charge in [0.15, 0.2) is 0 Å². The van der Waals surface area contributed by atoms with Gasteiger partial charge in [0.2, 0.25) is 0 Å². The predicted octanol–water partition coefficient (Wildman–Crippen LogP) is 4.04. The lowest BCUT2D eigenvalue weighted by Gasteiger charge is -2.15. The normalized spacial score (nSPS) is 12.7. The summed E-state index contributed by atoms with van der Waals surface area (Å²) in [5, 5.41) is 4.50. The molecule has 0 saturated carbocycles. The zero-order valence-electron chi connectivity index (χ0n) is 11.6. The number of rotatable bonds is 4. The summed E-state index contributed by atoms with van der Waals surface area (Å²) in [6.07, 6.45) is 0.255. The van der Waals surface area contributed by atoms with Gasteiger partial charge in [0.05, 0.1) is 21.4 Å². The van der Waals surface area contributed by atoms with E-state index >= 15 is 0 Å². The van der Waals surface area contributed by atoms with Gasteiger partial charge in [0.25, 0.3) is 0 Å². The number of nitrogens with two attached hydrogens (primary N) is 1. The van der Waals surface area contributed by atoms with Crippen molar-refractivity contribution in [2.24, 2.45) is 5.73 Å². The molecule has 7 heteroatoms. The monoisotopic (exact) mass is 333 g/mol. The highest BCUT2D eigenvalue weighted by molar-refractivity contribution is 6.32. The average Bonchev–Trinajstić information content (AvgIpc) is 2.70. The van der Waals surface area contributed by atoms with Crippen LogP contribution in [0.25, 0.3) is 0 Å². The van der Waals surface area contributed by atoms with Gasteiger partial charge in [-0.05, 0) is 26.0 Å². The highest BCUT2D eigenvalue weighted by Gasteiger charge is 2.20. The van der Waals surface area contributed by atoms with E-state index in [-0.39, 0.29) is 17.0 Å². The Morgan fingerprint density at radius 2 is 1.95 bits per heavy atom. The number of halogens is 4. The summed E-state index contributed by atoms with van der Waals surface area (Å²) >= 11 is 11.7. The lowest BCUT2D eigenvalue weighted by Crippen LogP contribution is -2.18. The molecule has 0 radical (unpaired) electrons. The minimum atomic E-state index is -0.740. The van der Waals surface area contributed by atoms with Crippen LogP contribution in [0.15, 0.2) is 12.1 Å². The van der Waals surface area contributed by atoms with Crippen LogP contribution in [-0.4, -0.2) is 9.78 Å². The number of hydrogen-bond donors (Lipinski definition) is 1. The van der Waals surface area contributed by atoms with Gasteiger partial charge in [-0.2, -0.15) is 5.10 Å². The van der Waals surface area contributed by atoms with Crippen molar-refractivity contribution in [1.82, 2.24) is 9.78 Å². The van der Waals surface area contributed by atoms with Crippen molar-refractivity contribution in [2.75, 3.05) is 0 Å². The molecule has 1 heterocycles. The molecule has 2 aromatic rings. The molecule has 0 aliphatic carbocycles. The van der Waals surface area contributed by atoms with E-state index in [0.29, 0.717) is 23.0 Å². The van der Waals surface area contributed by atoms with Crippen molar-refractivity contribution in [3.05, 3.63) is 50.8 Å². The standard InChI is InChI=1S/C14H15Cl2F2N3/c1-3-21-13(14(16)7(2)20-21)6-12(19)8-4-11(18)9(15)5-10(8)17/h4-5,12H,3,6,19H2,1-2H3. The SMILES string of the molecule is CCn1nc(C)c(Cl)c1CC(N)c1cc(F)c(Cl)cc1F. The van der Waals surface area contributed by atoms with E-state index in [1.54, 1.807) is 11.6 Å². The lowest BCUT2D eigenvalue weighted by atomic mass is 10.0. The Morgan fingerprint density at radius 1 is 1.29 bits per heavy atom. The van der Waals surface area contributed by atoms with Crippen molar-refractivity contribution in [3.8, 4) is 0 Å². The molecule has 0 amide bonds. The molecule has 114 valence electrons. The van der Waals surface area contributed by atoms with Crippen molar-refractivity contribution >= 4 is 23.2 Å². The summed E-state index contributed by atoms with van der Waals surface area (Å²) in [4.78, 5) is 0. The molecule has 2 rings (SSSR count). The Kier molecular flexibility index (Phi) is 4.86. The van der Waals surface area contributed by atoms with E-state index in [1.165, 1.54) is 0 Å². The number of aromatic nitrogens is 2. The van der Waals surface area contributed by atoms with Crippen LogP contribution in [0.2, 0.25) is 10.0 Å². The first-order valence-electron chi connectivity index (χ1n) is 6.46. The van der Waals surface area contributed by atoms with E-state index < -0.39 is 17.7 Å². The number of hydrogen-bond acceptors (Lipinski definition) is 2. The third-order valence-corrected chi connectivity index (χ3v) is 4.09. The second-order valence-corrected chi connectivity index (χ2v) is 5.55. The molecular formula is C14H15Cl2F2N3. The van der Waals surface area contributed by atoms with E-state index in [4.69, 9.17) is 28.9 Å². The van der Waals surface area contributed by atoms with E-state index in [9.17, 15) is 8.78 Å². The van der Waals surface area contributed by atoms with Crippen LogP contribution in [0, 0.1) is 18.6 Å². The van der Waals surface area contributed by atoms with Crippen molar-refractivity contribution in [1.29, 1.82) is 0 Å². The Labute approximate surface area is 131 Å². The van der Waals surface area contributed by atoms with E-state index in [0.717, 1.165) is 12.1 Å². The summed E-state index contributed by atoms with van der Waals surface area (Å²) in [6, 6.07) is 1.21. The minimum absolute atomic E-state index is 0.0643. The van der Waals surface area contributed by atoms with Crippen LogP contribution < -0.4 is 5.73 Å². The summed E-state index contributed by atoms with van der Waals surface area (Å²) < 4.78 is 29.1. The van der Waals surface area contributed by atoms with Crippen LogP contribution in [-0.2, 0) is 13.0 Å². The molecule has 1 aromatic carbocycles. The lowest BCUT2D eigenvalue weighted by molar-refractivity contribution is 0.544. The van der Waals surface area contributed by atoms with Gasteiger partial charge < -0.3 is 5.73 Å². The fourth-order valence-electron chi connectivity index (χ4n) is 2.20. The molecule has 3 nitrogen and oxygen atoms in total. The zero-order valence-corrected chi connectivity index (χ0v) is 13.1. The van der Waals surface area contributed by atoms with Gasteiger partial charge in [0, 0.05) is 24.6 Å². The van der Waals surface area contributed by atoms with Gasteiger partial charge in [-0.15, -0.1) is 0 Å². The molecule has 0 saturated heterocycles. The van der Waals surface area contributed by atoms with Gasteiger partial charge in [-0.3, -0.25) is 4.68 Å². The molecule has 2 N–H and O–H groups in total. The first-order valence-corrected chi connectivity index (χ1v) is 7.22. The van der Waals surface area contributed by atoms with E-state index in [2.05, 4.69) is 5.10 Å². The van der Waals surface area contributed by atoms with Gasteiger partial charge in [-0.25, -0.2) is 8.78 Å². The zero-order chi connectivity index (χ0) is 15.7. The maximum Gasteiger partial charge on any atom is 0.142 e. The molecule has 0 spiro atoms.